The molecule has 27 heavy (non-hydrogen) atoms. The molecule has 2 aromatic rings. The van der Waals surface area contributed by atoms with Crippen LogP contribution in [0, 0.1) is 0 Å². The molecule has 0 bridgehead atoms. The standard InChI is InChI=1S/C21H25N3O3/c1-3-11-22-21(26)16-7-5-9-18(13-16)24-20(25)15-23-17-8-6-10-19(14-17)27-12-4-2/h4-10,13-14,23H,2-3,11-12,15H2,1H3,(H,22,26)(H,24,25). The normalized spacial score (nSPS) is 9.96. The maximum atomic E-state index is 12.2. The molecule has 0 saturated heterocycles. The largest absolute Gasteiger partial charge is 0.489 e. The number of carbonyl (C=O) groups excluding carboxylic acids is 2. The zero-order valence-corrected chi connectivity index (χ0v) is 15.5. The third kappa shape index (κ3) is 6.86. The Morgan fingerprint density at radius 3 is 2.67 bits per heavy atom. The number of ether oxygens (including phenoxy) is 1. The van der Waals surface area contributed by atoms with E-state index in [4.69, 9.17) is 4.74 Å². The molecule has 0 aliphatic carbocycles. The molecule has 0 fully saturated rings. The van der Waals surface area contributed by atoms with Crippen LogP contribution in [0.3, 0.4) is 0 Å². The van der Waals surface area contributed by atoms with Gasteiger partial charge in [0.05, 0.1) is 6.54 Å². The minimum absolute atomic E-state index is 0.0944. The third-order valence-corrected chi connectivity index (χ3v) is 3.60. The summed E-state index contributed by atoms with van der Waals surface area (Å²) in [6.45, 7) is 6.74. The van der Waals surface area contributed by atoms with Gasteiger partial charge in [-0.2, -0.15) is 0 Å². The van der Waals surface area contributed by atoms with Crippen molar-refractivity contribution >= 4 is 23.2 Å². The van der Waals surface area contributed by atoms with Crippen molar-refractivity contribution in [1.82, 2.24) is 5.32 Å². The van der Waals surface area contributed by atoms with E-state index in [0.29, 0.717) is 30.2 Å². The number of hydrogen-bond donors (Lipinski definition) is 3. The first-order chi connectivity index (χ1) is 13.1. The molecule has 0 aliphatic heterocycles. The third-order valence-electron chi connectivity index (χ3n) is 3.60. The molecular formula is C21H25N3O3. The lowest BCUT2D eigenvalue weighted by atomic mass is 10.2. The van der Waals surface area contributed by atoms with Crippen LogP contribution in [0.4, 0.5) is 11.4 Å². The summed E-state index contributed by atoms with van der Waals surface area (Å²) in [5, 5.41) is 8.65. The molecule has 6 heteroatoms. The van der Waals surface area contributed by atoms with Crippen LogP contribution in [-0.4, -0.2) is 31.5 Å². The Hall–Kier alpha value is -3.28. The molecule has 142 valence electrons. The van der Waals surface area contributed by atoms with Gasteiger partial charge in [0.1, 0.15) is 12.4 Å². The van der Waals surface area contributed by atoms with Gasteiger partial charge >= 0.3 is 0 Å². The van der Waals surface area contributed by atoms with Gasteiger partial charge in [-0.3, -0.25) is 9.59 Å². The first-order valence-electron chi connectivity index (χ1n) is 8.88. The number of rotatable bonds is 10. The van der Waals surface area contributed by atoms with Gasteiger partial charge in [-0.05, 0) is 36.8 Å². The van der Waals surface area contributed by atoms with Crippen LogP contribution < -0.4 is 20.7 Å². The highest BCUT2D eigenvalue weighted by Crippen LogP contribution is 2.17. The molecule has 0 aromatic heterocycles. The highest BCUT2D eigenvalue weighted by Gasteiger charge is 2.07. The van der Waals surface area contributed by atoms with E-state index in [0.717, 1.165) is 12.1 Å². The van der Waals surface area contributed by atoms with E-state index in [9.17, 15) is 9.59 Å². The Bertz CT molecular complexity index is 790. The first kappa shape index (κ1) is 20.0. The summed E-state index contributed by atoms with van der Waals surface area (Å²) in [7, 11) is 0. The van der Waals surface area contributed by atoms with Gasteiger partial charge in [0.25, 0.3) is 5.91 Å². The first-order valence-corrected chi connectivity index (χ1v) is 8.88. The Balaban J connectivity index is 1.88. The Morgan fingerprint density at radius 2 is 1.89 bits per heavy atom. The number of anilines is 2. The lowest BCUT2D eigenvalue weighted by molar-refractivity contribution is -0.114. The SMILES string of the molecule is C=CCOc1cccc(NCC(=O)Nc2cccc(C(=O)NCCC)c2)c1. The number of hydrogen-bond acceptors (Lipinski definition) is 4. The summed E-state index contributed by atoms with van der Waals surface area (Å²) in [5.41, 5.74) is 1.87. The molecule has 0 radical (unpaired) electrons. The Morgan fingerprint density at radius 1 is 1.11 bits per heavy atom. The number of nitrogens with one attached hydrogen (secondary N) is 3. The molecule has 3 N–H and O–H groups in total. The molecular weight excluding hydrogens is 342 g/mol. The summed E-state index contributed by atoms with van der Waals surface area (Å²) in [6, 6.07) is 14.2. The van der Waals surface area contributed by atoms with Gasteiger partial charge in [-0.1, -0.05) is 31.7 Å². The van der Waals surface area contributed by atoms with Crippen LogP contribution in [-0.2, 0) is 4.79 Å². The van der Waals surface area contributed by atoms with Crippen LogP contribution in [0.15, 0.2) is 61.2 Å². The van der Waals surface area contributed by atoms with Crippen LogP contribution in [0.2, 0.25) is 0 Å². The average Bonchev–Trinajstić information content (AvgIpc) is 2.69. The molecule has 6 nitrogen and oxygen atoms in total. The second-order valence-corrected chi connectivity index (χ2v) is 5.87. The molecule has 2 aromatic carbocycles. The van der Waals surface area contributed by atoms with E-state index in [1.807, 2.05) is 31.2 Å². The van der Waals surface area contributed by atoms with Gasteiger partial charge in [0.15, 0.2) is 0 Å². The number of carbonyl (C=O) groups is 2. The minimum atomic E-state index is -0.210. The van der Waals surface area contributed by atoms with Crippen molar-refractivity contribution < 1.29 is 14.3 Å². The van der Waals surface area contributed by atoms with E-state index in [1.54, 1.807) is 30.3 Å². The summed E-state index contributed by atoms with van der Waals surface area (Å²) >= 11 is 0. The zero-order valence-electron chi connectivity index (χ0n) is 15.5. The fourth-order valence-corrected chi connectivity index (χ4v) is 2.32. The molecule has 2 rings (SSSR count). The fraction of sp³-hybridized carbons (Fsp3) is 0.238. The van der Waals surface area contributed by atoms with Crippen LogP contribution >= 0.6 is 0 Å². The van der Waals surface area contributed by atoms with Crippen molar-refractivity contribution in [2.45, 2.75) is 13.3 Å². The lowest BCUT2D eigenvalue weighted by Gasteiger charge is -2.10. The maximum absolute atomic E-state index is 12.2. The van der Waals surface area contributed by atoms with Crippen molar-refractivity contribution in [2.75, 3.05) is 30.3 Å². The van der Waals surface area contributed by atoms with E-state index in [-0.39, 0.29) is 18.4 Å². The second kappa shape index (κ2) is 10.7. The topological polar surface area (TPSA) is 79.5 Å². The summed E-state index contributed by atoms with van der Waals surface area (Å²) in [5.74, 6) is 0.340. The second-order valence-electron chi connectivity index (χ2n) is 5.87. The maximum Gasteiger partial charge on any atom is 0.251 e. The van der Waals surface area contributed by atoms with Crippen LogP contribution in [0.25, 0.3) is 0 Å². The molecule has 2 amide bonds. The van der Waals surface area contributed by atoms with Crippen molar-refractivity contribution in [1.29, 1.82) is 0 Å². The van der Waals surface area contributed by atoms with Crippen molar-refractivity contribution in [3.05, 3.63) is 66.7 Å². The summed E-state index contributed by atoms with van der Waals surface area (Å²) in [6.07, 6.45) is 2.54. The predicted molar refractivity (Wildman–Crippen MR) is 108 cm³/mol. The monoisotopic (exact) mass is 367 g/mol. The van der Waals surface area contributed by atoms with E-state index in [2.05, 4.69) is 22.5 Å². The van der Waals surface area contributed by atoms with Gasteiger partial charge < -0.3 is 20.7 Å². The predicted octanol–water partition coefficient (Wildman–Crippen LogP) is 3.44. The van der Waals surface area contributed by atoms with Crippen molar-refractivity contribution in [3.63, 3.8) is 0 Å². The van der Waals surface area contributed by atoms with Crippen LogP contribution in [0.1, 0.15) is 23.7 Å². The number of amides is 2. The fourth-order valence-electron chi connectivity index (χ4n) is 2.32. The van der Waals surface area contributed by atoms with Gasteiger partial charge in [-0.25, -0.2) is 0 Å². The van der Waals surface area contributed by atoms with Gasteiger partial charge in [-0.15, -0.1) is 0 Å². The van der Waals surface area contributed by atoms with Gasteiger partial charge in [0, 0.05) is 29.5 Å². The molecule has 0 atom stereocenters. The quantitative estimate of drug-likeness (QED) is 0.562. The summed E-state index contributed by atoms with van der Waals surface area (Å²) < 4.78 is 5.47. The van der Waals surface area contributed by atoms with E-state index >= 15 is 0 Å². The number of benzene rings is 2. The average molecular weight is 367 g/mol. The zero-order chi connectivity index (χ0) is 19.5. The smallest absolute Gasteiger partial charge is 0.251 e. The van der Waals surface area contributed by atoms with Crippen molar-refractivity contribution in [2.24, 2.45) is 0 Å². The molecule has 0 spiro atoms. The molecule has 0 saturated carbocycles. The Labute approximate surface area is 159 Å². The molecule has 0 heterocycles. The minimum Gasteiger partial charge on any atom is -0.489 e. The molecule has 0 unspecified atom stereocenters. The summed E-state index contributed by atoms with van der Waals surface area (Å²) in [4.78, 5) is 24.2. The highest BCUT2D eigenvalue weighted by molar-refractivity contribution is 5.98. The van der Waals surface area contributed by atoms with Crippen LogP contribution in [0.5, 0.6) is 5.75 Å². The van der Waals surface area contributed by atoms with Gasteiger partial charge in [0.2, 0.25) is 5.91 Å². The Kier molecular flexibility index (Phi) is 7.91. The van der Waals surface area contributed by atoms with Crippen molar-refractivity contribution in [3.8, 4) is 5.75 Å². The van der Waals surface area contributed by atoms with E-state index < -0.39 is 0 Å². The van der Waals surface area contributed by atoms with E-state index in [1.165, 1.54) is 0 Å². The molecule has 0 aliphatic rings. The lowest BCUT2D eigenvalue weighted by Crippen LogP contribution is -2.24. The highest BCUT2D eigenvalue weighted by atomic mass is 16.5.